The highest BCUT2D eigenvalue weighted by Gasteiger charge is 2.30. The van der Waals surface area contributed by atoms with E-state index in [1.165, 1.54) is 19.3 Å². The molecule has 1 aliphatic carbocycles. The van der Waals surface area contributed by atoms with Crippen LogP contribution in [0.3, 0.4) is 0 Å². The standard InChI is InChI=1S/C20H28N4O2/c1-14(2)19-22-18(17-8-3-4-9-24(17)19)20(25)21-12-16-13-23(10-11-26-16)15-6-5-7-15/h3-4,8-9,14-16H,5-7,10-13H2,1-2H3,(H,21,25). The fourth-order valence-corrected chi connectivity index (χ4v) is 3.88. The molecule has 6 heteroatoms. The van der Waals surface area contributed by atoms with E-state index in [2.05, 4.69) is 29.0 Å². The second-order valence-electron chi connectivity index (χ2n) is 7.71. The van der Waals surface area contributed by atoms with Gasteiger partial charge in [-0.15, -0.1) is 0 Å². The highest BCUT2D eigenvalue weighted by Crippen LogP contribution is 2.26. The second kappa shape index (κ2) is 7.37. The van der Waals surface area contributed by atoms with Crippen LogP contribution in [0.4, 0.5) is 0 Å². The molecule has 1 amide bonds. The van der Waals surface area contributed by atoms with Gasteiger partial charge in [-0.3, -0.25) is 9.69 Å². The SMILES string of the molecule is CC(C)c1nc(C(=O)NCC2CN(C3CCC3)CCO2)c2ccccn12. The summed E-state index contributed by atoms with van der Waals surface area (Å²) in [5, 5.41) is 3.04. The molecule has 6 nitrogen and oxygen atoms in total. The lowest BCUT2D eigenvalue weighted by atomic mass is 9.91. The first-order chi connectivity index (χ1) is 12.6. The van der Waals surface area contributed by atoms with Gasteiger partial charge < -0.3 is 14.5 Å². The number of hydrogen-bond acceptors (Lipinski definition) is 4. The van der Waals surface area contributed by atoms with Crippen LogP contribution in [0.1, 0.15) is 55.3 Å². The van der Waals surface area contributed by atoms with Gasteiger partial charge in [0, 0.05) is 37.8 Å². The molecule has 2 aromatic rings. The monoisotopic (exact) mass is 356 g/mol. The third kappa shape index (κ3) is 3.35. The van der Waals surface area contributed by atoms with E-state index < -0.39 is 0 Å². The van der Waals surface area contributed by atoms with Gasteiger partial charge in [0.15, 0.2) is 5.69 Å². The van der Waals surface area contributed by atoms with Gasteiger partial charge in [0.1, 0.15) is 5.82 Å². The first kappa shape index (κ1) is 17.5. The molecule has 4 rings (SSSR count). The van der Waals surface area contributed by atoms with Gasteiger partial charge in [-0.05, 0) is 25.0 Å². The number of aromatic nitrogens is 2. The number of pyridine rings is 1. The largest absolute Gasteiger partial charge is 0.374 e. The third-order valence-corrected chi connectivity index (χ3v) is 5.56. The van der Waals surface area contributed by atoms with E-state index in [0.29, 0.717) is 12.2 Å². The second-order valence-corrected chi connectivity index (χ2v) is 7.71. The molecule has 0 radical (unpaired) electrons. The Balaban J connectivity index is 1.43. The maximum absolute atomic E-state index is 12.8. The smallest absolute Gasteiger partial charge is 0.272 e. The van der Waals surface area contributed by atoms with Crippen molar-refractivity contribution in [2.24, 2.45) is 0 Å². The Morgan fingerprint density at radius 1 is 1.38 bits per heavy atom. The molecule has 0 bridgehead atoms. The maximum Gasteiger partial charge on any atom is 0.272 e. The van der Waals surface area contributed by atoms with Crippen molar-refractivity contribution in [1.82, 2.24) is 19.6 Å². The van der Waals surface area contributed by atoms with Gasteiger partial charge in [0.25, 0.3) is 5.91 Å². The summed E-state index contributed by atoms with van der Waals surface area (Å²) < 4.78 is 7.87. The molecule has 0 aromatic carbocycles. The number of rotatable bonds is 5. The van der Waals surface area contributed by atoms with E-state index >= 15 is 0 Å². The summed E-state index contributed by atoms with van der Waals surface area (Å²) in [4.78, 5) is 19.9. The molecule has 2 fully saturated rings. The van der Waals surface area contributed by atoms with Crippen LogP contribution >= 0.6 is 0 Å². The molecule has 1 N–H and O–H groups in total. The van der Waals surface area contributed by atoms with Gasteiger partial charge in [0.2, 0.25) is 0 Å². The van der Waals surface area contributed by atoms with E-state index in [1.54, 1.807) is 0 Å². The number of fused-ring (bicyclic) bond motifs is 1. The number of ether oxygens (including phenoxy) is 1. The quantitative estimate of drug-likeness (QED) is 0.894. The first-order valence-corrected chi connectivity index (χ1v) is 9.74. The van der Waals surface area contributed by atoms with Gasteiger partial charge in [-0.25, -0.2) is 4.98 Å². The number of carbonyl (C=O) groups excluding carboxylic acids is 1. The van der Waals surface area contributed by atoms with Crippen LogP contribution in [0.15, 0.2) is 24.4 Å². The van der Waals surface area contributed by atoms with Crippen LogP contribution in [-0.4, -0.2) is 58.6 Å². The van der Waals surface area contributed by atoms with Crippen molar-refractivity contribution in [2.45, 2.75) is 51.2 Å². The molecule has 1 atom stereocenters. The summed E-state index contributed by atoms with van der Waals surface area (Å²) in [6.07, 6.45) is 5.98. The van der Waals surface area contributed by atoms with E-state index in [4.69, 9.17) is 4.74 Å². The van der Waals surface area contributed by atoms with Crippen molar-refractivity contribution in [2.75, 3.05) is 26.2 Å². The van der Waals surface area contributed by atoms with E-state index in [0.717, 1.165) is 37.1 Å². The van der Waals surface area contributed by atoms with Gasteiger partial charge in [-0.1, -0.05) is 26.3 Å². The molecule has 2 aromatic heterocycles. The molecule has 140 valence electrons. The number of hydrogen-bond donors (Lipinski definition) is 1. The topological polar surface area (TPSA) is 58.9 Å². The predicted octanol–water partition coefficient (Wildman–Crippen LogP) is 2.44. The fraction of sp³-hybridized carbons (Fsp3) is 0.600. The maximum atomic E-state index is 12.8. The lowest BCUT2D eigenvalue weighted by molar-refractivity contribution is -0.0528. The number of nitrogens with zero attached hydrogens (tertiary/aromatic N) is 3. The summed E-state index contributed by atoms with van der Waals surface area (Å²) in [6, 6.07) is 6.58. The van der Waals surface area contributed by atoms with Crippen molar-refractivity contribution in [3.05, 3.63) is 35.9 Å². The average molecular weight is 356 g/mol. The third-order valence-electron chi connectivity index (χ3n) is 5.56. The summed E-state index contributed by atoms with van der Waals surface area (Å²) in [5.41, 5.74) is 1.36. The number of imidazole rings is 1. The van der Waals surface area contributed by atoms with Crippen molar-refractivity contribution < 1.29 is 9.53 Å². The summed E-state index contributed by atoms with van der Waals surface area (Å²) in [7, 11) is 0. The Kier molecular flexibility index (Phi) is 4.96. The van der Waals surface area contributed by atoms with Gasteiger partial charge in [0.05, 0.1) is 18.2 Å². The molecular formula is C20H28N4O2. The van der Waals surface area contributed by atoms with Crippen LogP contribution in [0, 0.1) is 0 Å². The van der Waals surface area contributed by atoms with E-state index in [1.807, 2.05) is 28.8 Å². The Morgan fingerprint density at radius 2 is 2.23 bits per heavy atom. The molecule has 26 heavy (non-hydrogen) atoms. The summed E-state index contributed by atoms with van der Waals surface area (Å²) in [6.45, 7) is 7.39. The molecule has 3 heterocycles. The van der Waals surface area contributed by atoms with Crippen LogP contribution in [0.5, 0.6) is 0 Å². The number of morpholine rings is 1. The van der Waals surface area contributed by atoms with Crippen LogP contribution in [-0.2, 0) is 4.74 Å². The Morgan fingerprint density at radius 3 is 2.96 bits per heavy atom. The molecule has 2 aliphatic rings. The van der Waals surface area contributed by atoms with E-state index in [-0.39, 0.29) is 17.9 Å². The number of nitrogens with one attached hydrogen (secondary N) is 1. The minimum absolute atomic E-state index is 0.0618. The van der Waals surface area contributed by atoms with Crippen molar-refractivity contribution in [3.8, 4) is 0 Å². The minimum atomic E-state index is -0.120. The minimum Gasteiger partial charge on any atom is -0.374 e. The lowest BCUT2D eigenvalue weighted by Crippen LogP contribution is -2.52. The lowest BCUT2D eigenvalue weighted by Gasteiger charge is -2.42. The zero-order valence-electron chi connectivity index (χ0n) is 15.6. The van der Waals surface area contributed by atoms with Crippen LogP contribution in [0.2, 0.25) is 0 Å². The zero-order chi connectivity index (χ0) is 18.1. The van der Waals surface area contributed by atoms with Gasteiger partial charge >= 0.3 is 0 Å². The highest BCUT2D eigenvalue weighted by molar-refractivity contribution is 5.99. The Hall–Kier alpha value is -1.92. The summed E-state index contributed by atoms with van der Waals surface area (Å²) >= 11 is 0. The van der Waals surface area contributed by atoms with Crippen molar-refractivity contribution in [3.63, 3.8) is 0 Å². The number of carbonyl (C=O) groups is 1. The molecule has 0 spiro atoms. The molecular weight excluding hydrogens is 328 g/mol. The normalized spacial score (nSPS) is 21.9. The average Bonchev–Trinajstić information content (AvgIpc) is 2.99. The predicted molar refractivity (Wildman–Crippen MR) is 101 cm³/mol. The number of amides is 1. The molecule has 1 unspecified atom stereocenters. The highest BCUT2D eigenvalue weighted by atomic mass is 16.5. The Bertz CT molecular complexity index is 781. The molecule has 1 saturated carbocycles. The van der Waals surface area contributed by atoms with Crippen LogP contribution < -0.4 is 5.32 Å². The molecule has 1 saturated heterocycles. The van der Waals surface area contributed by atoms with Crippen molar-refractivity contribution >= 4 is 11.4 Å². The Labute approximate surface area is 154 Å². The fourth-order valence-electron chi connectivity index (χ4n) is 3.88. The zero-order valence-corrected chi connectivity index (χ0v) is 15.6. The van der Waals surface area contributed by atoms with Crippen LogP contribution in [0.25, 0.3) is 5.52 Å². The van der Waals surface area contributed by atoms with E-state index in [9.17, 15) is 4.79 Å². The summed E-state index contributed by atoms with van der Waals surface area (Å²) in [5.74, 6) is 1.05. The van der Waals surface area contributed by atoms with Gasteiger partial charge in [-0.2, -0.15) is 0 Å². The first-order valence-electron chi connectivity index (χ1n) is 9.74. The molecule has 1 aliphatic heterocycles. The van der Waals surface area contributed by atoms with Crippen molar-refractivity contribution in [1.29, 1.82) is 0 Å².